The van der Waals surface area contributed by atoms with Crippen molar-refractivity contribution in [2.75, 3.05) is 37.6 Å². The van der Waals surface area contributed by atoms with Crippen molar-refractivity contribution in [2.24, 2.45) is 0 Å². The molecule has 2 heterocycles. The molecule has 1 saturated heterocycles. The summed E-state index contributed by atoms with van der Waals surface area (Å²) in [5, 5.41) is 14.1. The number of piperazine rings is 1. The number of anilines is 1. The number of benzene rings is 3. The second-order valence-corrected chi connectivity index (χ2v) is 9.01. The molecule has 7 nitrogen and oxygen atoms in total. The molecule has 0 amide bonds. The van der Waals surface area contributed by atoms with E-state index in [1.165, 1.54) is 4.68 Å². The van der Waals surface area contributed by atoms with Crippen molar-refractivity contribution in [3.05, 3.63) is 94.9 Å². The highest BCUT2D eigenvalue weighted by Gasteiger charge is 2.23. The first-order chi connectivity index (χ1) is 17.5. The molecule has 1 fully saturated rings. The summed E-state index contributed by atoms with van der Waals surface area (Å²) < 4.78 is 7.67. The lowest BCUT2D eigenvalue weighted by Gasteiger charge is -2.35. The van der Waals surface area contributed by atoms with E-state index in [0.717, 1.165) is 49.4 Å². The summed E-state index contributed by atoms with van der Waals surface area (Å²) in [5.41, 5.74) is 4.20. The highest BCUT2D eigenvalue weighted by molar-refractivity contribution is 5.65. The molecule has 1 aliphatic heterocycles. The molecule has 184 valence electrons. The van der Waals surface area contributed by atoms with Crippen LogP contribution in [0.4, 0.5) is 5.69 Å². The number of rotatable bonds is 6. The third kappa shape index (κ3) is 4.97. The van der Waals surface area contributed by atoms with Crippen LogP contribution in [0.25, 0.3) is 16.8 Å². The van der Waals surface area contributed by atoms with E-state index < -0.39 is 0 Å². The third-order valence-electron chi connectivity index (χ3n) is 6.63. The molecule has 7 heteroatoms. The lowest BCUT2D eigenvalue weighted by atomic mass is 10.1. The first kappa shape index (κ1) is 23.6. The van der Waals surface area contributed by atoms with Crippen LogP contribution in [0, 0.1) is 6.92 Å². The van der Waals surface area contributed by atoms with Gasteiger partial charge in [-0.25, -0.2) is 0 Å². The number of phenolic OH excluding ortho intramolecular Hbond substituents is 1. The van der Waals surface area contributed by atoms with Gasteiger partial charge in [0.15, 0.2) is 0 Å². The Morgan fingerprint density at radius 1 is 0.861 bits per heavy atom. The molecule has 0 atom stereocenters. The number of ether oxygens (including phenoxy) is 1. The Kier molecular flexibility index (Phi) is 6.73. The van der Waals surface area contributed by atoms with Crippen LogP contribution in [-0.2, 0) is 0 Å². The van der Waals surface area contributed by atoms with Crippen molar-refractivity contribution in [1.29, 1.82) is 0 Å². The van der Waals surface area contributed by atoms with Crippen molar-refractivity contribution in [3.63, 3.8) is 0 Å². The molecule has 0 spiro atoms. The molecule has 0 bridgehead atoms. The van der Waals surface area contributed by atoms with Crippen LogP contribution in [-0.4, -0.2) is 52.5 Å². The summed E-state index contributed by atoms with van der Waals surface area (Å²) in [7, 11) is 0. The maximum Gasteiger partial charge on any atom is 0.316 e. The van der Waals surface area contributed by atoms with Crippen molar-refractivity contribution < 1.29 is 9.84 Å². The van der Waals surface area contributed by atoms with Crippen molar-refractivity contribution in [2.45, 2.75) is 13.8 Å². The largest absolute Gasteiger partial charge is 0.508 e. The van der Waals surface area contributed by atoms with E-state index in [4.69, 9.17) is 4.74 Å². The van der Waals surface area contributed by atoms with Crippen LogP contribution in [0.5, 0.6) is 17.2 Å². The number of phenols is 1. The van der Waals surface area contributed by atoms with E-state index in [1.807, 2.05) is 67.6 Å². The van der Waals surface area contributed by atoms with Gasteiger partial charge in [0.1, 0.15) is 17.2 Å². The van der Waals surface area contributed by atoms with E-state index >= 15 is 0 Å². The fraction of sp³-hybridized carbons (Fsp3) is 0.241. The molecule has 0 saturated carbocycles. The average molecular weight is 483 g/mol. The number of likely N-dealkylation sites (N-methyl/N-ethyl adjacent to an activating group) is 1. The number of aromatic nitrogens is 2. The molecule has 36 heavy (non-hydrogen) atoms. The minimum absolute atomic E-state index is 0.230. The van der Waals surface area contributed by atoms with E-state index in [-0.39, 0.29) is 17.1 Å². The zero-order valence-electron chi connectivity index (χ0n) is 20.6. The zero-order valence-corrected chi connectivity index (χ0v) is 20.6. The Bertz CT molecular complexity index is 1370. The summed E-state index contributed by atoms with van der Waals surface area (Å²) in [4.78, 5) is 18.2. The van der Waals surface area contributed by atoms with Crippen LogP contribution in [0.2, 0.25) is 0 Å². The molecule has 4 aromatic rings. The van der Waals surface area contributed by atoms with Crippen LogP contribution in [0.3, 0.4) is 0 Å². The number of hydrogen-bond acceptors (Lipinski definition) is 6. The standard InChI is InChI=1S/C29H30N4O3/c1-3-31-16-18-32(19-17-31)27-20-30-33(24-10-4-21(2)5-11-24)29(35)28(27)36-26-14-8-23(9-15-26)22-6-12-25(34)13-7-22/h4-15,20,34H,3,16-19H2,1-2H3. The molecule has 0 radical (unpaired) electrons. The summed E-state index contributed by atoms with van der Waals surface area (Å²) in [6.07, 6.45) is 1.74. The Balaban J connectivity index is 1.49. The Labute approximate surface area is 210 Å². The van der Waals surface area contributed by atoms with Gasteiger partial charge in [-0.15, -0.1) is 0 Å². The predicted molar refractivity (Wildman–Crippen MR) is 143 cm³/mol. The van der Waals surface area contributed by atoms with Crippen molar-refractivity contribution in [1.82, 2.24) is 14.7 Å². The molecule has 1 aromatic heterocycles. The van der Waals surface area contributed by atoms with Crippen molar-refractivity contribution >= 4 is 5.69 Å². The monoisotopic (exact) mass is 482 g/mol. The van der Waals surface area contributed by atoms with Gasteiger partial charge >= 0.3 is 5.56 Å². The van der Waals surface area contributed by atoms with Gasteiger partial charge in [0.2, 0.25) is 5.75 Å². The van der Waals surface area contributed by atoms with E-state index in [2.05, 4.69) is 21.8 Å². The van der Waals surface area contributed by atoms with Gasteiger partial charge in [0.25, 0.3) is 0 Å². The van der Waals surface area contributed by atoms with Gasteiger partial charge in [-0.1, -0.05) is 48.9 Å². The summed E-state index contributed by atoms with van der Waals surface area (Å²) in [6.45, 7) is 8.65. The van der Waals surface area contributed by atoms with Crippen LogP contribution >= 0.6 is 0 Å². The van der Waals surface area contributed by atoms with E-state index in [0.29, 0.717) is 17.1 Å². The zero-order chi connectivity index (χ0) is 25.1. The van der Waals surface area contributed by atoms with Crippen LogP contribution in [0.15, 0.2) is 83.8 Å². The molecule has 0 unspecified atom stereocenters. The van der Waals surface area contributed by atoms with E-state index in [1.54, 1.807) is 18.3 Å². The summed E-state index contributed by atoms with van der Waals surface area (Å²) in [5.74, 6) is 1.08. The maximum atomic E-state index is 13.7. The summed E-state index contributed by atoms with van der Waals surface area (Å²) in [6, 6.07) is 22.4. The van der Waals surface area contributed by atoms with Gasteiger partial charge in [0, 0.05) is 26.2 Å². The van der Waals surface area contributed by atoms with Crippen LogP contribution < -0.4 is 15.2 Å². The number of aryl methyl sites for hydroxylation is 1. The van der Waals surface area contributed by atoms with Gasteiger partial charge in [0.05, 0.1) is 11.9 Å². The van der Waals surface area contributed by atoms with Gasteiger partial charge in [-0.05, 0) is 61.0 Å². The molecular weight excluding hydrogens is 452 g/mol. The fourth-order valence-corrected chi connectivity index (χ4v) is 4.41. The Morgan fingerprint density at radius 3 is 2.08 bits per heavy atom. The second kappa shape index (κ2) is 10.3. The molecule has 1 N–H and O–H groups in total. The average Bonchev–Trinajstić information content (AvgIpc) is 2.91. The molecular formula is C29H30N4O3. The second-order valence-electron chi connectivity index (χ2n) is 9.01. The Hall–Kier alpha value is -4.10. The minimum atomic E-state index is -0.295. The summed E-state index contributed by atoms with van der Waals surface area (Å²) >= 11 is 0. The number of aromatic hydroxyl groups is 1. The molecule has 3 aromatic carbocycles. The smallest absolute Gasteiger partial charge is 0.316 e. The predicted octanol–water partition coefficient (Wildman–Crippen LogP) is 4.85. The van der Waals surface area contributed by atoms with Gasteiger partial charge < -0.3 is 19.6 Å². The highest BCUT2D eigenvalue weighted by atomic mass is 16.5. The SMILES string of the molecule is CCN1CCN(c2cnn(-c3ccc(C)cc3)c(=O)c2Oc2ccc(-c3ccc(O)cc3)cc2)CC1. The molecule has 1 aliphatic rings. The first-order valence-electron chi connectivity index (χ1n) is 12.3. The Morgan fingerprint density at radius 2 is 1.47 bits per heavy atom. The quantitative estimate of drug-likeness (QED) is 0.424. The normalized spacial score (nSPS) is 14.1. The highest BCUT2D eigenvalue weighted by Crippen LogP contribution is 2.31. The topological polar surface area (TPSA) is 70.8 Å². The van der Waals surface area contributed by atoms with Gasteiger partial charge in [-0.2, -0.15) is 9.78 Å². The minimum Gasteiger partial charge on any atom is -0.508 e. The molecule has 5 rings (SSSR count). The first-order valence-corrected chi connectivity index (χ1v) is 12.3. The van der Waals surface area contributed by atoms with Crippen LogP contribution in [0.1, 0.15) is 12.5 Å². The lowest BCUT2D eigenvalue weighted by Crippen LogP contribution is -2.46. The fourth-order valence-electron chi connectivity index (χ4n) is 4.41. The third-order valence-corrected chi connectivity index (χ3v) is 6.63. The molecule has 0 aliphatic carbocycles. The van der Waals surface area contributed by atoms with Crippen molar-refractivity contribution in [3.8, 4) is 34.1 Å². The van der Waals surface area contributed by atoms with Gasteiger partial charge in [-0.3, -0.25) is 4.79 Å². The maximum absolute atomic E-state index is 13.7. The van der Waals surface area contributed by atoms with E-state index in [9.17, 15) is 9.90 Å². The number of nitrogens with zero attached hydrogens (tertiary/aromatic N) is 4. The lowest BCUT2D eigenvalue weighted by molar-refractivity contribution is 0.270. The number of hydrogen-bond donors (Lipinski definition) is 1.